The molecule has 0 radical (unpaired) electrons. The molecule has 2 N–H and O–H groups in total. The summed E-state index contributed by atoms with van der Waals surface area (Å²) in [5.41, 5.74) is 0. The maximum atomic E-state index is 11.8. The molecule has 0 aliphatic carbocycles. The predicted octanol–water partition coefficient (Wildman–Crippen LogP) is 1.07. The summed E-state index contributed by atoms with van der Waals surface area (Å²) in [5, 5.41) is 11.3. The summed E-state index contributed by atoms with van der Waals surface area (Å²) in [4.78, 5) is 23.4. The highest BCUT2D eigenvalue weighted by atomic mass is 16.4. The van der Waals surface area contributed by atoms with Gasteiger partial charge in [-0.25, -0.2) is 4.79 Å². The minimum Gasteiger partial charge on any atom is -0.480 e. The lowest BCUT2D eigenvalue weighted by Crippen LogP contribution is -2.43. The number of carbonyl (C=O) groups is 2. The van der Waals surface area contributed by atoms with Crippen molar-refractivity contribution in [1.29, 1.82) is 0 Å². The molecule has 0 aliphatic heterocycles. The van der Waals surface area contributed by atoms with Crippen LogP contribution in [0.15, 0.2) is 22.8 Å². The van der Waals surface area contributed by atoms with Crippen LogP contribution in [-0.2, 0) is 4.79 Å². The van der Waals surface area contributed by atoms with Crippen LogP contribution < -0.4 is 5.32 Å². The molecular formula is C12H14N2O4. The second-order valence-electron chi connectivity index (χ2n) is 3.64. The van der Waals surface area contributed by atoms with Crippen molar-refractivity contribution in [2.45, 2.75) is 13.0 Å². The predicted molar refractivity (Wildman–Crippen MR) is 63.7 cm³/mol. The Morgan fingerprint density at radius 3 is 2.89 bits per heavy atom. The van der Waals surface area contributed by atoms with Crippen LogP contribution in [0.1, 0.15) is 18.7 Å². The summed E-state index contributed by atoms with van der Waals surface area (Å²) in [5.74, 6) is 1.70. The van der Waals surface area contributed by atoms with Crippen molar-refractivity contribution in [1.82, 2.24) is 10.2 Å². The van der Waals surface area contributed by atoms with E-state index in [0.717, 1.165) is 4.90 Å². The van der Waals surface area contributed by atoms with E-state index in [2.05, 4.69) is 11.2 Å². The third-order valence-corrected chi connectivity index (χ3v) is 2.21. The van der Waals surface area contributed by atoms with E-state index >= 15 is 0 Å². The number of terminal acetylenes is 1. The van der Waals surface area contributed by atoms with Gasteiger partial charge in [0.15, 0.2) is 0 Å². The molecule has 6 heteroatoms. The number of hydrogen-bond acceptors (Lipinski definition) is 3. The van der Waals surface area contributed by atoms with Gasteiger partial charge in [-0.05, 0) is 19.1 Å². The summed E-state index contributed by atoms with van der Waals surface area (Å²) in [7, 11) is 0. The van der Waals surface area contributed by atoms with E-state index in [4.69, 9.17) is 15.9 Å². The fourth-order valence-electron chi connectivity index (χ4n) is 1.36. The number of furan rings is 1. The largest absolute Gasteiger partial charge is 0.480 e. The molecule has 96 valence electrons. The number of nitrogens with zero attached hydrogens (tertiary/aromatic N) is 1. The van der Waals surface area contributed by atoms with Gasteiger partial charge < -0.3 is 19.7 Å². The number of carbonyl (C=O) groups excluding carboxylic acids is 1. The monoisotopic (exact) mass is 250 g/mol. The fraction of sp³-hybridized carbons (Fsp3) is 0.333. The van der Waals surface area contributed by atoms with Crippen LogP contribution >= 0.6 is 0 Å². The smallest absolute Gasteiger partial charge is 0.323 e. The number of hydrogen-bond donors (Lipinski definition) is 2. The molecule has 0 saturated heterocycles. The maximum Gasteiger partial charge on any atom is 0.323 e. The van der Waals surface area contributed by atoms with Crippen LogP contribution in [0.25, 0.3) is 0 Å². The Bertz CT molecular complexity index is 447. The summed E-state index contributed by atoms with van der Waals surface area (Å²) in [6, 6.07) is 2.52. The van der Waals surface area contributed by atoms with Crippen molar-refractivity contribution in [3.63, 3.8) is 0 Å². The lowest BCUT2D eigenvalue weighted by Gasteiger charge is -2.21. The first-order valence-electron chi connectivity index (χ1n) is 5.28. The minimum atomic E-state index is -1.12. The fourth-order valence-corrected chi connectivity index (χ4v) is 1.36. The molecule has 0 fully saturated rings. The molecule has 1 atom stereocenters. The maximum absolute atomic E-state index is 11.8. The highest BCUT2D eigenvalue weighted by Crippen LogP contribution is 2.12. The van der Waals surface area contributed by atoms with Crippen molar-refractivity contribution in [2.24, 2.45) is 0 Å². The number of carboxylic acid groups (broad SMARTS) is 1. The van der Waals surface area contributed by atoms with Gasteiger partial charge in [0.1, 0.15) is 12.3 Å². The van der Waals surface area contributed by atoms with Crippen molar-refractivity contribution in [3.8, 4) is 12.3 Å². The van der Waals surface area contributed by atoms with Gasteiger partial charge in [0, 0.05) is 0 Å². The molecule has 0 spiro atoms. The van der Waals surface area contributed by atoms with Gasteiger partial charge in [-0.1, -0.05) is 5.92 Å². The molecular weight excluding hydrogens is 236 g/mol. The number of aliphatic carboxylic acids is 1. The van der Waals surface area contributed by atoms with E-state index < -0.39 is 18.5 Å². The third-order valence-electron chi connectivity index (χ3n) is 2.21. The van der Waals surface area contributed by atoms with Gasteiger partial charge in [-0.2, -0.15) is 0 Å². The molecule has 18 heavy (non-hydrogen) atoms. The van der Waals surface area contributed by atoms with Crippen LogP contribution in [0.5, 0.6) is 0 Å². The van der Waals surface area contributed by atoms with E-state index in [9.17, 15) is 9.59 Å². The lowest BCUT2D eigenvalue weighted by molar-refractivity contribution is -0.137. The first-order chi connectivity index (χ1) is 8.54. The second-order valence-corrected chi connectivity index (χ2v) is 3.64. The third kappa shape index (κ3) is 3.87. The van der Waals surface area contributed by atoms with Crippen LogP contribution in [0.3, 0.4) is 0 Å². The van der Waals surface area contributed by atoms with Crippen LogP contribution in [-0.4, -0.2) is 35.1 Å². The zero-order valence-electron chi connectivity index (χ0n) is 9.92. The Morgan fingerprint density at radius 2 is 2.39 bits per heavy atom. The highest BCUT2D eigenvalue weighted by Gasteiger charge is 2.19. The van der Waals surface area contributed by atoms with E-state index in [0.29, 0.717) is 5.76 Å². The van der Waals surface area contributed by atoms with E-state index in [1.165, 1.54) is 6.26 Å². The molecule has 1 aromatic rings. The second kappa shape index (κ2) is 6.35. The molecule has 0 aromatic carbocycles. The average molecular weight is 250 g/mol. The van der Waals surface area contributed by atoms with Crippen molar-refractivity contribution in [2.75, 3.05) is 13.1 Å². The van der Waals surface area contributed by atoms with E-state index in [-0.39, 0.29) is 12.6 Å². The van der Waals surface area contributed by atoms with Gasteiger partial charge in [-0.15, -0.1) is 6.42 Å². The zero-order chi connectivity index (χ0) is 13.5. The molecule has 0 bridgehead atoms. The van der Waals surface area contributed by atoms with Gasteiger partial charge in [0.05, 0.1) is 18.8 Å². The summed E-state index contributed by atoms with van der Waals surface area (Å²) in [6.07, 6.45) is 6.58. The van der Waals surface area contributed by atoms with Crippen molar-refractivity contribution < 1.29 is 19.1 Å². The SMILES string of the molecule is C#CCN(CC(=O)O)C(=O)NC(C)c1ccco1. The number of rotatable bonds is 5. The van der Waals surface area contributed by atoms with Crippen molar-refractivity contribution in [3.05, 3.63) is 24.2 Å². The minimum absolute atomic E-state index is 0.0665. The summed E-state index contributed by atoms with van der Waals surface area (Å²) in [6.45, 7) is 1.22. The Balaban J connectivity index is 2.61. The number of carboxylic acids is 1. The molecule has 1 unspecified atom stereocenters. The normalized spacial score (nSPS) is 11.3. The van der Waals surface area contributed by atoms with E-state index in [1.807, 2.05) is 0 Å². The van der Waals surface area contributed by atoms with Gasteiger partial charge in [0.2, 0.25) is 0 Å². The Labute approximate surface area is 105 Å². The molecule has 1 aromatic heterocycles. The van der Waals surface area contributed by atoms with E-state index in [1.54, 1.807) is 19.1 Å². The molecule has 1 rings (SSSR count). The average Bonchev–Trinajstić information content (AvgIpc) is 2.81. The summed E-state index contributed by atoms with van der Waals surface area (Å²) < 4.78 is 5.13. The highest BCUT2D eigenvalue weighted by molar-refractivity contribution is 5.80. The zero-order valence-corrected chi connectivity index (χ0v) is 9.92. The Morgan fingerprint density at radius 1 is 1.67 bits per heavy atom. The molecule has 1 heterocycles. The summed E-state index contributed by atoms with van der Waals surface area (Å²) >= 11 is 0. The number of amides is 2. The lowest BCUT2D eigenvalue weighted by atomic mass is 10.2. The Kier molecular flexibility index (Phi) is 4.81. The standard InChI is InChI=1S/C12H14N2O4/c1-3-6-14(8-11(15)16)12(17)13-9(2)10-5-4-7-18-10/h1,4-5,7,9H,6,8H2,2H3,(H,13,17)(H,15,16). The molecule has 6 nitrogen and oxygen atoms in total. The first kappa shape index (κ1) is 13.6. The van der Waals surface area contributed by atoms with Gasteiger partial charge in [-0.3, -0.25) is 4.79 Å². The number of urea groups is 1. The quantitative estimate of drug-likeness (QED) is 0.766. The van der Waals surface area contributed by atoms with Crippen LogP contribution in [0.2, 0.25) is 0 Å². The molecule has 2 amide bonds. The molecule has 0 aliphatic rings. The van der Waals surface area contributed by atoms with Gasteiger partial charge in [0.25, 0.3) is 0 Å². The van der Waals surface area contributed by atoms with Gasteiger partial charge >= 0.3 is 12.0 Å². The first-order valence-corrected chi connectivity index (χ1v) is 5.28. The topological polar surface area (TPSA) is 82.8 Å². The Hall–Kier alpha value is -2.42. The van der Waals surface area contributed by atoms with Crippen LogP contribution in [0.4, 0.5) is 4.79 Å². The molecule has 0 saturated carbocycles. The van der Waals surface area contributed by atoms with Crippen LogP contribution in [0, 0.1) is 12.3 Å². The van der Waals surface area contributed by atoms with Crippen molar-refractivity contribution >= 4 is 12.0 Å². The number of nitrogens with one attached hydrogen (secondary N) is 1.